The molecule has 0 atom stereocenters. The monoisotopic (exact) mass is 244 g/mol. The quantitative estimate of drug-likeness (QED) is 0.763. The first-order valence-corrected chi connectivity index (χ1v) is 4.79. The van der Waals surface area contributed by atoms with E-state index < -0.39 is 28.6 Å². The molecule has 0 aromatic carbocycles. The SMILES string of the molecule is CC(C)(C)c1nc(O)c(C#N)cc1C(F)(F)F. The molecule has 0 fully saturated rings. The highest BCUT2D eigenvalue weighted by molar-refractivity contribution is 5.44. The minimum absolute atomic E-state index is 0.276. The lowest BCUT2D eigenvalue weighted by Crippen LogP contribution is -2.21. The summed E-state index contributed by atoms with van der Waals surface area (Å²) in [7, 11) is 0. The van der Waals surface area contributed by atoms with E-state index in [0.717, 1.165) is 0 Å². The third kappa shape index (κ3) is 2.67. The van der Waals surface area contributed by atoms with Crippen molar-refractivity contribution in [3.63, 3.8) is 0 Å². The van der Waals surface area contributed by atoms with Gasteiger partial charge in [0.05, 0.1) is 11.3 Å². The van der Waals surface area contributed by atoms with Gasteiger partial charge in [-0.1, -0.05) is 20.8 Å². The van der Waals surface area contributed by atoms with Crippen molar-refractivity contribution in [3.8, 4) is 11.9 Å². The van der Waals surface area contributed by atoms with Crippen molar-refractivity contribution >= 4 is 0 Å². The highest BCUT2D eigenvalue weighted by Gasteiger charge is 2.38. The molecule has 0 aliphatic carbocycles. The fourth-order valence-electron chi connectivity index (χ4n) is 1.37. The molecule has 1 rings (SSSR count). The van der Waals surface area contributed by atoms with Crippen molar-refractivity contribution < 1.29 is 18.3 Å². The minimum Gasteiger partial charge on any atom is -0.492 e. The third-order valence-corrected chi connectivity index (χ3v) is 2.14. The summed E-state index contributed by atoms with van der Waals surface area (Å²) >= 11 is 0. The van der Waals surface area contributed by atoms with E-state index in [9.17, 15) is 18.3 Å². The molecule has 1 aromatic heterocycles. The summed E-state index contributed by atoms with van der Waals surface area (Å²) in [5.74, 6) is -0.676. The summed E-state index contributed by atoms with van der Waals surface area (Å²) in [5, 5.41) is 17.9. The second-order valence-electron chi connectivity index (χ2n) is 4.62. The maximum atomic E-state index is 12.8. The summed E-state index contributed by atoms with van der Waals surface area (Å²) in [6.07, 6.45) is -4.60. The van der Waals surface area contributed by atoms with Gasteiger partial charge in [0.25, 0.3) is 0 Å². The topological polar surface area (TPSA) is 56.9 Å². The van der Waals surface area contributed by atoms with E-state index in [2.05, 4.69) is 4.98 Å². The van der Waals surface area contributed by atoms with Crippen molar-refractivity contribution in [2.45, 2.75) is 32.4 Å². The number of hydrogen-bond acceptors (Lipinski definition) is 3. The van der Waals surface area contributed by atoms with Gasteiger partial charge >= 0.3 is 6.18 Å². The van der Waals surface area contributed by atoms with Gasteiger partial charge < -0.3 is 5.11 Å². The first-order chi connectivity index (χ1) is 7.57. The summed E-state index contributed by atoms with van der Waals surface area (Å²) in [5.41, 5.74) is -2.62. The number of hydrogen-bond donors (Lipinski definition) is 1. The molecule has 0 aliphatic rings. The Morgan fingerprint density at radius 1 is 1.29 bits per heavy atom. The number of aromatic nitrogens is 1. The Morgan fingerprint density at radius 2 is 1.82 bits per heavy atom. The maximum absolute atomic E-state index is 12.8. The molecule has 1 heterocycles. The molecule has 17 heavy (non-hydrogen) atoms. The Balaban J connectivity index is 3.61. The molecule has 0 aliphatic heterocycles. The van der Waals surface area contributed by atoms with Gasteiger partial charge in [0, 0.05) is 5.41 Å². The van der Waals surface area contributed by atoms with Crippen LogP contribution >= 0.6 is 0 Å². The zero-order valence-electron chi connectivity index (χ0n) is 9.55. The summed E-state index contributed by atoms with van der Waals surface area (Å²) in [6, 6.07) is 2.10. The van der Waals surface area contributed by atoms with Crippen LogP contribution in [-0.4, -0.2) is 10.1 Å². The smallest absolute Gasteiger partial charge is 0.418 e. The lowest BCUT2D eigenvalue weighted by atomic mass is 9.87. The molecule has 1 aromatic rings. The Kier molecular flexibility index (Phi) is 3.06. The van der Waals surface area contributed by atoms with Crippen LogP contribution in [0.1, 0.15) is 37.6 Å². The fraction of sp³-hybridized carbons (Fsp3) is 0.455. The number of nitriles is 1. The van der Waals surface area contributed by atoms with E-state index in [0.29, 0.717) is 6.07 Å². The van der Waals surface area contributed by atoms with Crippen molar-refractivity contribution in [2.24, 2.45) is 0 Å². The number of pyridine rings is 1. The van der Waals surface area contributed by atoms with Gasteiger partial charge in [0.1, 0.15) is 11.6 Å². The third-order valence-electron chi connectivity index (χ3n) is 2.14. The molecule has 0 radical (unpaired) electrons. The Hall–Kier alpha value is -1.77. The average molecular weight is 244 g/mol. The van der Waals surface area contributed by atoms with Crippen molar-refractivity contribution in [1.82, 2.24) is 4.98 Å². The van der Waals surface area contributed by atoms with Crippen molar-refractivity contribution in [1.29, 1.82) is 5.26 Å². The zero-order chi connectivity index (χ0) is 13.4. The van der Waals surface area contributed by atoms with Crippen LogP contribution in [0, 0.1) is 11.3 Å². The van der Waals surface area contributed by atoms with Crippen LogP contribution in [0.4, 0.5) is 13.2 Å². The predicted molar refractivity (Wildman–Crippen MR) is 54.3 cm³/mol. The molecule has 1 N–H and O–H groups in total. The first-order valence-electron chi connectivity index (χ1n) is 4.79. The molecule has 0 amide bonds. The van der Waals surface area contributed by atoms with Gasteiger partial charge in [0.15, 0.2) is 0 Å². The van der Waals surface area contributed by atoms with Gasteiger partial charge in [0.2, 0.25) is 5.88 Å². The van der Waals surface area contributed by atoms with Crippen LogP contribution < -0.4 is 0 Å². The zero-order valence-corrected chi connectivity index (χ0v) is 9.55. The molecule has 0 saturated carbocycles. The van der Waals surface area contributed by atoms with Gasteiger partial charge in [-0.2, -0.15) is 18.4 Å². The van der Waals surface area contributed by atoms with Crippen molar-refractivity contribution in [2.75, 3.05) is 0 Å². The van der Waals surface area contributed by atoms with E-state index in [1.165, 1.54) is 6.07 Å². The van der Waals surface area contributed by atoms with Crippen LogP contribution in [0.25, 0.3) is 0 Å². The van der Waals surface area contributed by atoms with Crippen molar-refractivity contribution in [3.05, 3.63) is 22.9 Å². The van der Waals surface area contributed by atoms with Gasteiger partial charge in [-0.3, -0.25) is 0 Å². The van der Waals surface area contributed by atoms with E-state index >= 15 is 0 Å². The predicted octanol–water partition coefficient (Wildman–Crippen LogP) is 2.98. The lowest BCUT2D eigenvalue weighted by molar-refractivity contribution is -0.139. The van der Waals surface area contributed by atoms with E-state index in [1.54, 1.807) is 20.8 Å². The van der Waals surface area contributed by atoms with E-state index in [4.69, 9.17) is 5.26 Å². The molecule has 92 valence electrons. The molecule has 0 bridgehead atoms. The number of nitrogens with zero attached hydrogens (tertiary/aromatic N) is 2. The molecule has 0 saturated heterocycles. The number of rotatable bonds is 0. The van der Waals surface area contributed by atoms with Crippen LogP contribution in [0.15, 0.2) is 6.07 Å². The normalized spacial score (nSPS) is 12.3. The second-order valence-corrected chi connectivity index (χ2v) is 4.62. The highest BCUT2D eigenvalue weighted by Crippen LogP contribution is 2.38. The summed E-state index contributed by atoms with van der Waals surface area (Å²) in [6.45, 7) is 4.65. The Labute approximate surface area is 96.5 Å². The van der Waals surface area contributed by atoms with E-state index in [1.807, 2.05) is 0 Å². The fourth-order valence-corrected chi connectivity index (χ4v) is 1.37. The van der Waals surface area contributed by atoms with Crippen LogP contribution in [-0.2, 0) is 11.6 Å². The van der Waals surface area contributed by atoms with Gasteiger partial charge in [-0.15, -0.1) is 0 Å². The molecule has 0 spiro atoms. The standard InChI is InChI=1S/C11H11F3N2O/c1-10(2,3)8-7(11(12,13)14)4-6(5-15)9(17)16-8/h4H,1-3H3,(H,16,17). The molecule has 0 unspecified atom stereocenters. The number of aromatic hydroxyl groups is 1. The molecular weight excluding hydrogens is 233 g/mol. The van der Waals surface area contributed by atoms with Crippen LogP contribution in [0.3, 0.4) is 0 Å². The average Bonchev–Trinajstić information content (AvgIpc) is 2.14. The largest absolute Gasteiger partial charge is 0.492 e. The minimum atomic E-state index is -4.60. The lowest BCUT2D eigenvalue weighted by Gasteiger charge is -2.23. The van der Waals surface area contributed by atoms with Gasteiger partial charge in [-0.25, -0.2) is 4.98 Å². The Bertz CT molecular complexity index is 481. The van der Waals surface area contributed by atoms with E-state index in [-0.39, 0.29) is 5.69 Å². The summed E-state index contributed by atoms with van der Waals surface area (Å²) < 4.78 is 38.4. The maximum Gasteiger partial charge on any atom is 0.418 e. The molecule has 3 nitrogen and oxygen atoms in total. The van der Waals surface area contributed by atoms with Crippen LogP contribution in [0.5, 0.6) is 5.88 Å². The molecule has 6 heteroatoms. The number of halogens is 3. The highest BCUT2D eigenvalue weighted by atomic mass is 19.4. The first kappa shape index (κ1) is 13.3. The van der Waals surface area contributed by atoms with Gasteiger partial charge in [-0.05, 0) is 6.07 Å². The van der Waals surface area contributed by atoms with Crippen LogP contribution in [0.2, 0.25) is 0 Å². The number of alkyl halides is 3. The molecular formula is C11H11F3N2O. The Morgan fingerprint density at radius 3 is 2.18 bits per heavy atom. The summed E-state index contributed by atoms with van der Waals surface area (Å²) in [4.78, 5) is 3.49. The second kappa shape index (κ2) is 3.91.